The van der Waals surface area contributed by atoms with Crippen molar-refractivity contribution in [1.82, 2.24) is 15.0 Å². The molecular weight excluding hydrogens is 703 g/mol. The Hall–Kier alpha value is -7.75. The summed E-state index contributed by atoms with van der Waals surface area (Å²) < 4.78 is 0. The molecule has 3 nitrogen and oxygen atoms in total. The van der Waals surface area contributed by atoms with Crippen LogP contribution in [0.2, 0.25) is 0 Å². The lowest BCUT2D eigenvalue weighted by Gasteiger charge is -2.16. The van der Waals surface area contributed by atoms with E-state index >= 15 is 0 Å². The number of rotatable bonds is 6. The van der Waals surface area contributed by atoms with E-state index in [4.69, 9.17) is 15.0 Å². The van der Waals surface area contributed by atoms with Gasteiger partial charge in [-0.25, -0.2) is 15.0 Å². The van der Waals surface area contributed by atoms with Crippen LogP contribution in [-0.2, 0) is 0 Å². The highest BCUT2D eigenvalue weighted by molar-refractivity contribution is 6.33. The monoisotopic (exact) mass is 737 g/mol. The molecular formula is C55H35N3. The lowest BCUT2D eigenvalue weighted by molar-refractivity contribution is 1.18. The minimum absolute atomic E-state index is 0.697. The fourth-order valence-electron chi connectivity index (χ4n) is 8.44. The van der Waals surface area contributed by atoms with Gasteiger partial charge in [0.15, 0.2) is 5.82 Å². The Morgan fingerprint density at radius 2 is 0.672 bits per heavy atom. The zero-order valence-corrected chi connectivity index (χ0v) is 31.5. The predicted octanol–water partition coefficient (Wildman–Crippen LogP) is 14.5. The average molecular weight is 738 g/mol. The molecule has 0 unspecified atom stereocenters. The lowest BCUT2D eigenvalue weighted by atomic mass is 9.89. The fraction of sp³-hybridized carbons (Fsp3) is 0. The summed E-state index contributed by atoms with van der Waals surface area (Å²) in [6.07, 6.45) is 0. The van der Waals surface area contributed by atoms with Gasteiger partial charge in [0.2, 0.25) is 0 Å². The van der Waals surface area contributed by atoms with E-state index in [1.54, 1.807) is 0 Å². The maximum atomic E-state index is 5.39. The first-order chi connectivity index (χ1) is 28.7. The molecule has 0 aliphatic heterocycles. The molecule has 2 heterocycles. The third-order valence-electron chi connectivity index (χ3n) is 11.3. The Labute approximate surface area is 336 Å². The van der Waals surface area contributed by atoms with Gasteiger partial charge < -0.3 is 0 Å². The number of nitrogens with zero attached hydrogens (tertiary/aromatic N) is 3. The van der Waals surface area contributed by atoms with Crippen molar-refractivity contribution >= 4 is 43.2 Å². The van der Waals surface area contributed by atoms with E-state index in [0.29, 0.717) is 5.82 Å². The number of pyridine rings is 1. The normalized spacial score (nSPS) is 11.4. The van der Waals surface area contributed by atoms with Gasteiger partial charge in [-0.1, -0.05) is 194 Å². The molecule has 11 rings (SSSR count). The van der Waals surface area contributed by atoms with Crippen LogP contribution in [0.15, 0.2) is 212 Å². The van der Waals surface area contributed by atoms with E-state index < -0.39 is 0 Å². The van der Waals surface area contributed by atoms with Gasteiger partial charge in [-0.05, 0) is 62.0 Å². The van der Waals surface area contributed by atoms with Gasteiger partial charge in [-0.2, -0.15) is 0 Å². The molecule has 0 saturated carbocycles. The summed E-state index contributed by atoms with van der Waals surface area (Å²) in [4.78, 5) is 15.6. The smallest absolute Gasteiger partial charge is 0.160 e. The van der Waals surface area contributed by atoms with Crippen LogP contribution < -0.4 is 0 Å². The van der Waals surface area contributed by atoms with Crippen molar-refractivity contribution in [2.75, 3.05) is 0 Å². The molecule has 0 fully saturated rings. The summed E-state index contributed by atoms with van der Waals surface area (Å²) in [5, 5.41) is 8.56. The van der Waals surface area contributed by atoms with Gasteiger partial charge >= 0.3 is 0 Å². The second kappa shape index (κ2) is 14.1. The second-order valence-electron chi connectivity index (χ2n) is 14.7. The van der Waals surface area contributed by atoms with Gasteiger partial charge in [0, 0.05) is 38.4 Å². The average Bonchev–Trinajstić information content (AvgIpc) is 3.31. The molecule has 0 atom stereocenters. The van der Waals surface area contributed by atoms with Crippen molar-refractivity contribution in [3.05, 3.63) is 212 Å². The van der Waals surface area contributed by atoms with Crippen molar-refractivity contribution in [2.24, 2.45) is 0 Å². The summed E-state index contributed by atoms with van der Waals surface area (Å²) in [6.45, 7) is 0. The Kier molecular flexibility index (Phi) is 8.15. The van der Waals surface area contributed by atoms with Crippen molar-refractivity contribution in [1.29, 1.82) is 0 Å². The molecule has 2 aromatic heterocycles. The van der Waals surface area contributed by atoms with Gasteiger partial charge in [-0.3, -0.25) is 0 Å². The summed E-state index contributed by atoms with van der Waals surface area (Å²) in [5.74, 6) is 0.697. The molecule has 0 amide bonds. The van der Waals surface area contributed by atoms with E-state index in [1.807, 2.05) is 12.1 Å². The molecule has 0 radical (unpaired) electrons. The van der Waals surface area contributed by atoms with Crippen LogP contribution in [0.5, 0.6) is 0 Å². The van der Waals surface area contributed by atoms with Gasteiger partial charge in [-0.15, -0.1) is 0 Å². The molecule has 0 aliphatic rings. The highest BCUT2D eigenvalue weighted by atomic mass is 14.9. The van der Waals surface area contributed by atoms with Crippen LogP contribution in [-0.4, -0.2) is 15.0 Å². The lowest BCUT2D eigenvalue weighted by Crippen LogP contribution is -1.96. The van der Waals surface area contributed by atoms with Crippen molar-refractivity contribution in [2.45, 2.75) is 0 Å². The zero-order valence-electron chi connectivity index (χ0n) is 31.5. The first-order valence-corrected chi connectivity index (χ1v) is 19.7. The summed E-state index contributed by atoms with van der Waals surface area (Å²) >= 11 is 0. The first-order valence-electron chi connectivity index (χ1n) is 19.7. The summed E-state index contributed by atoms with van der Waals surface area (Å²) in [6, 6.07) is 75.0. The first kappa shape index (κ1) is 33.6. The number of hydrogen-bond acceptors (Lipinski definition) is 3. The number of aromatic nitrogens is 3. The molecule has 11 aromatic rings. The Morgan fingerprint density at radius 1 is 0.241 bits per heavy atom. The van der Waals surface area contributed by atoms with Crippen molar-refractivity contribution in [3.8, 4) is 67.4 Å². The van der Waals surface area contributed by atoms with E-state index in [-0.39, 0.29) is 0 Å². The SMILES string of the molecule is c1ccc(-c2ccc(-c3nc(-c4ccccc4)cc(-c4ccc(-c5cccc(-c6nc7ccccc7c7c8ccccc8c8ccccc8c67)c5)cc4)n3)cc2)cc1. The summed E-state index contributed by atoms with van der Waals surface area (Å²) in [5.41, 5.74) is 12.5. The largest absolute Gasteiger partial charge is 0.247 e. The van der Waals surface area contributed by atoms with Crippen molar-refractivity contribution < 1.29 is 0 Å². The van der Waals surface area contributed by atoms with E-state index in [0.717, 1.165) is 61.5 Å². The predicted molar refractivity (Wildman–Crippen MR) is 242 cm³/mol. The fourth-order valence-corrected chi connectivity index (χ4v) is 8.44. The van der Waals surface area contributed by atoms with E-state index in [1.165, 1.54) is 43.3 Å². The van der Waals surface area contributed by atoms with Crippen LogP contribution >= 0.6 is 0 Å². The third kappa shape index (κ3) is 5.89. The minimum Gasteiger partial charge on any atom is -0.247 e. The third-order valence-corrected chi connectivity index (χ3v) is 11.3. The summed E-state index contributed by atoms with van der Waals surface area (Å²) in [7, 11) is 0. The minimum atomic E-state index is 0.697. The molecule has 3 heteroatoms. The number of para-hydroxylation sites is 1. The van der Waals surface area contributed by atoms with Crippen LogP contribution in [0.3, 0.4) is 0 Å². The van der Waals surface area contributed by atoms with Crippen LogP contribution in [0, 0.1) is 0 Å². The highest BCUT2D eigenvalue weighted by Gasteiger charge is 2.18. The maximum absolute atomic E-state index is 5.39. The molecule has 58 heavy (non-hydrogen) atoms. The molecule has 270 valence electrons. The molecule has 0 aliphatic carbocycles. The maximum Gasteiger partial charge on any atom is 0.160 e. The van der Waals surface area contributed by atoms with E-state index in [2.05, 4.69) is 200 Å². The van der Waals surface area contributed by atoms with Gasteiger partial charge in [0.05, 0.1) is 22.6 Å². The molecule has 0 spiro atoms. The molecule has 0 N–H and O–H groups in total. The highest BCUT2D eigenvalue weighted by Crippen LogP contribution is 2.43. The second-order valence-corrected chi connectivity index (χ2v) is 14.7. The van der Waals surface area contributed by atoms with Crippen LogP contribution in [0.25, 0.3) is 111 Å². The van der Waals surface area contributed by atoms with Crippen LogP contribution in [0.4, 0.5) is 0 Å². The Bertz CT molecular complexity index is 3300. The number of benzene rings is 9. The van der Waals surface area contributed by atoms with Gasteiger partial charge in [0.1, 0.15) is 0 Å². The van der Waals surface area contributed by atoms with E-state index in [9.17, 15) is 0 Å². The quantitative estimate of drug-likeness (QED) is 0.160. The number of fused-ring (bicyclic) bond motifs is 8. The zero-order chi connectivity index (χ0) is 38.4. The Balaban J connectivity index is 1.01. The molecule has 9 aromatic carbocycles. The molecule has 0 saturated heterocycles. The Morgan fingerprint density at radius 3 is 1.33 bits per heavy atom. The molecule has 0 bridgehead atoms. The van der Waals surface area contributed by atoms with Gasteiger partial charge in [0.25, 0.3) is 0 Å². The van der Waals surface area contributed by atoms with Crippen LogP contribution in [0.1, 0.15) is 0 Å². The van der Waals surface area contributed by atoms with Crippen molar-refractivity contribution in [3.63, 3.8) is 0 Å². The number of hydrogen-bond donors (Lipinski definition) is 0. The standard InChI is InChI=1S/C55H35N3/c1-3-14-36(15-4-1)37-28-32-41(33-29-37)55-57-50(39-16-5-2-6-17-39)35-51(58-55)40-30-26-38(27-31-40)42-18-13-19-43(34-42)54-53-47-23-10-8-21-45(47)44-20-7-9-22-46(44)52(53)48-24-11-12-25-49(48)56-54/h1-35H. The topological polar surface area (TPSA) is 38.7 Å².